The van der Waals surface area contributed by atoms with E-state index in [9.17, 15) is 8.78 Å². The van der Waals surface area contributed by atoms with E-state index >= 15 is 0 Å². The van der Waals surface area contributed by atoms with Crippen molar-refractivity contribution in [1.82, 2.24) is 9.97 Å². The van der Waals surface area contributed by atoms with Gasteiger partial charge in [-0.2, -0.15) is 0 Å². The molecule has 0 aliphatic rings. The summed E-state index contributed by atoms with van der Waals surface area (Å²) >= 11 is 0. The minimum absolute atomic E-state index is 0.192. The van der Waals surface area contributed by atoms with Crippen molar-refractivity contribution >= 4 is 11.6 Å². The van der Waals surface area contributed by atoms with Crippen molar-refractivity contribution in [2.24, 2.45) is 0 Å². The monoisotopic (exact) mass is 246 g/mol. The number of aromatic nitrogens is 2. The predicted molar refractivity (Wildman–Crippen MR) is 61.1 cm³/mol. The number of anilines is 2. The first-order valence-corrected chi connectivity index (χ1v) is 5.34. The number of nitrogens with one attached hydrogen (secondary N) is 1. The third kappa shape index (κ3) is 4.48. The molecule has 1 heterocycles. The summed E-state index contributed by atoms with van der Waals surface area (Å²) in [5.74, 6) is 1.05. The fourth-order valence-electron chi connectivity index (χ4n) is 1.34. The maximum absolute atomic E-state index is 11.8. The molecule has 0 spiro atoms. The van der Waals surface area contributed by atoms with Crippen LogP contribution in [-0.4, -0.2) is 36.2 Å². The predicted octanol–water partition coefficient (Wildman–Crippen LogP) is 1.31. The number of halogens is 2. The van der Waals surface area contributed by atoms with Crippen LogP contribution >= 0.6 is 0 Å². The van der Waals surface area contributed by atoms with Crippen molar-refractivity contribution < 1.29 is 13.5 Å². The maximum Gasteiger partial charge on any atom is 0.261 e. The van der Waals surface area contributed by atoms with Gasteiger partial charge in [0.1, 0.15) is 24.6 Å². The van der Waals surface area contributed by atoms with Crippen LogP contribution in [0.4, 0.5) is 20.4 Å². The lowest BCUT2D eigenvalue weighted by molar-refractivity contribution is 0.0214. The Kier molecular flexibility index (Phi) is 5.55. The van der Waals surface area contributed by atoms with Gasteiger partial charge in [0.15, 0.2) is 0 Å². The Balaban J connectivity index is 2.39. The molecule has 17 heavy (non-hydrogen) atoms. The van der Waals surface area contributed by atoms with Crippen LogP contribution in [0.5, 0.6) is 0 Å². The highest BCUT2D eigenvalue weighted by molar-refractivity contribution is 5.54. The molecule has 1 aromatic rings. The van der Waals surface area contributed by atoms with E-state index in [1.165, 1.54) is 6.33 Å². The standard InChI is InChI=1S/C10H16F2N4O/c1-2-7-9(13)15-6-16-10(7)14-3-4-17-5-8(11)12/h6,8H,2-5H2,1H3,(H3,13,14,15,16). The van der Waals surface area contributed by atoms with E-state index in [1.807, 2.05) is 6.92 Å². The summed E-state index contributed by atoms with van der Waals surface area (Å²) in [6, 6.07) is 0. The Morgan fingerprint density at radius 1 is 1.47 bits per heavy atom. The number of rotatable bonds is 7. The molecule has 0 saturated carbocycles. The third-order valence-corrected chi connectivity index (χ3v) is 2.11. The Bertz CT molecular complexity index is 349. The molecule has 0 unspecified atom stereocenters. The fourth-order valence-corrected chi connectivity index (χ4v) is 1.34. The minimum Gasteiger partial charge on any atom is -0.383 e. The highest BCUT2D eigenvalue weighted by Crippen LogP contribution is 2.16. The summed E-state index contributed by atoms with van der Waals surface area (Å²) in [6.07, 6.45) is -0.375. The second-order valence-corrected chi connectivity index (χ2v) is 3.33. The second-order valence-electron chi connectivity index (χ2n) is 3.33. The molecule has 1 aromatic heterocycles. The van der Waals surface area contributed by atoms with Crippen LogP contribution in [-0.2, 0) is 11.2 Å². The fraction of sp³-hybridized carbons (Fsp3) is 0.600. The first-order chi connectivity index (χ1) is 8.15. The van der Waals surface area contributed by atoms with Gasteiger partial charge in [-0.3, -0.25) is 0 Å². The van der Waals surface area contributed by atoms with Gasteiger partial charge in [-0.15, -0.1) is 0 Å². The van der Waals surface area contributed by atoms with E-state index in [4.69, 9.17) is 10.5 Å². The van der Waals surface area contributed by atoms with E-state index in [0.29, 0.717) is 24.6 Å². The molecule has 1 rings (SSSR count). The average Bonchev–Trinajstić information content (AvgIpc) is 2.28. The molecule has 0 aromatic carbocycles. The molecule has 7 heteroatoms. The highest BCUT2D eigenvalue weighted by Gasteiger charge is 2.06. The number of ether oxygens (including phenoxy) is 1. The van der Waals surface area contributed by atoms with Crippen LogP contribution in [0.15, 0.2) is 6.33 Å². The van der Waals surface area contributed by atoms with Gasteiger partial charge in [0.2, 0.25) is 0 Å². The van der Waals surface area contributed by atoms with Crippen molar-refractivity contribution in [2.75, 3.05) is 30.8 Å². The van der Waals surface area contributed by atoms with Crippen LogP contribution in [0.25, 0.3) is 0 Å². The third-order valence-electron chi connectivity index (χ3n) is 2.11. The lowest BCUT2D eigenvalue weighted by atomic mass is 10.2. The normalized spacial score (nSPS) is 10.8. The molecule has 0 fully saturated rings. The molecule has 0 aliphatic carbocycles. The van der Waals surface area contributed by atoms with Gasteiger partial charge in [0, 0.05) is 12.1 Å². The lowest BCUT2D eigenvalue weighted by Crippen LogP contribution is -2.15. The van der Waals surface area contributed by atoms with E-state index in [1.54, 1.807) is 0 Å². The number of nitrogen functional groups attached to an aromatic ring is 1. The first-order valence-electron chi connectivity index (χ1n) is 5.34. The molecule has 5 nitrogen and oxygen atoms in total. The second kappa shape index (κ2) is 6.95. The molecule has 0 amide bonds. The summed E-state index contributed by atoms with van der Waals surface area (Å²) in [7, 11) is 0. The largest absolute Gasteiger partial charge is 0.383 e. The van der Waals surface area contributed by atoms with Crippen LogP contribution in [0.1, 0.15) is 12.5 Å². The van der Waals surface area contributed by atoms with Gasteiger partial charge >= 0.3 is 0 Å². The lowest BCUT2D eigenvalue weighted by Gasteiger charge is -2.11. The molecule has 0 bridgehead atoms. The van der Waals surface area contributed by atoms with Crippen molar-refractivity contribution in [2.45, 2.75) is 19.8 Å². The molecule has 96 valence electrons. The summed E-state index contributed by atoms with van der Waals surface area (Å²) in [5, 5.41) is 2.98. The average molecular weight is 246 g/mol. The molecule has 0 atom stereocenters. The quantitative estimate of drug-likeness (QED) is 0.710. The molecular formula is C10H16F2N4O. The van der Waals surface area contributed by atoms with Crippen LogP contribution in [0, 0.1) is 0 Å². The zero-order valence-corrected chi connectivity index (χ0v) is 9.62. The minimum atomic E-state index is -2.43. The number of alkyl halides is 2. The van der Waals surface area contributed by atoms with E-state index in [0.717, 1.165) is 5.56 Å². The summed E-state index contributed by atoms with van der Waals surface area (Å²) in [4.78, 5) is 7.91. The van der Waals surface area contributed by atoms with Crippen molar-refractivity contribution in [3.8, 4) is 0 Å². The van der Waals surface area contributed by atoms with E-state index in [2.05, 4.69) is 15.3 Å². The number of nitrogens with two attached hydrogens (primary N) is 1. The molecule has 0 radical (unpaired) electrons. The van der Waals surface area contributed by atoms with Gasteiger partial charge in [-0.1, -0.05) is 6.92 Å². The number of hydrogen-bond acceptors (Lipinski definition) is 5. The van der Waals surface area contributed by atoms with E-state index < -0.39 is 13.0 Å². The molecule has 3 N–H and O–H groups in total. The van der Waals surface area contributed by atoms with Crippen molar-refractivity contribution in [3.63, 3.8) is 0 Å². The maximum atomic E-state index is 11.8. The Hall–Kier alpha value is -1.50. The van der Waals surface area contributed by atoms with Gasteiger partial charge in [0.25, 0.3) is 6.43 Å². The van der Waals surface area contributed by atoms with Crippen LogP contribution < -0.4 is 11.1 Å². The Morgan fingerprint density at radius 2 is 2.24 bits per heavy atom. The zero-order chi connectivity index (χ0) is 12.7. The van der Waals surface area contributed by atoms with Crippen molar-refractivity contribution in [1.29, 1.82) is 0 Å². The number of hydrogen-bond donors (Lipinski definition) is 2. The first kappa shape index (κ1) is 13.6. The highest BCUT2D eigenvalue weighted by atomic mass is 19.3. The van der Waals surface area contributed by atoms with E-state index in [-0.39, 0.29) is 6.61 Å². The molecule has 0 saturated heterocycles. The van der Waals surface area contributed by atoms with Crippen LogP contribution in [0.3, 0.4) is 0 Å². The summed E-state index contributed by atoms with van der Waals surface area (Å²) in [5.41, 5.74) is 6.50. The molecule has 0 aliphatic heterocycles. The topological polar surface area (TPSA) is 73.1 Å². The smallest absolute Gasteiger partial charge is 0.261 e. The Labute approximate surface area is 98.4 Å². The SMILES string of the molecule is CCc1c(N)ncnc1NCCOCC(F)F. The summed E-state index contributed by atoms with van der Waals surface area (Å²) in [6.45, 7) is 1.98. The van der Waals surface area contributed by atoms with Gasteiger partial charge in [0.05, 0.1) is 6.61 Å². The van der Waals surface area contributed by atoms with Crippen molar-refractivity contribution in [3.05, 3.63) is 11.9 Å². The van der Waals surface area contributed by atoms with Crippen LogP contribution in [0.2, 0.25) is 0 Å². The summed E-state index contributed by atoms with van der Waals surface area (Å²) < 4.78 is 28.3. The van der Waals surface area contributed by atoms with Gasteiger partial charge < -0.3 is 15.8 Å². The number of nitrogens with zero attached hydrogens (tertiary/aromatic N) is 2. The Morgan fingerprint density at radius 3 is 2.88 bits per heavy atom. The van der Waals surface area contributed by atoms with Gasteiger partial charge in [-0.05, 0) is 6.42 Å². The zero-order valence-electron chi connectivity index (χ0n) is 9.62. The van der Waals surface area contributed by atoms with Gasteiger partial charge in [-0.25, -0.2) is 18.7 Å². The molecular weight excluding hydrogens is 230 g/mol.